The molecule has 22 heavy (non-hydrogen) atoms. The van der Waals surface area contributed by atoms with E-state index in [9.17, 15) is 9.59 Å². The van der Waals surface area contributed by atoms with E-state index in [1.54, 1.807) is 0 Å². The zero-order valence-electron chi connectivity index (χ0n) is 12.8. The van der Waals surface area contributed by atoms with Crippen molar-refractivity contribution < 1.29 is 14.3 Å². The van der Waals surface area contributed by atoms with E-state index >= 15 is 0 Å². The number of morpholine rings is 1. The van der Waals surface area contributed by atoms with E-state index in [0.717, 1.165) is 6.42 Å². The van der Waals surface area contributed by atoms with E-state index in [0.29, 0.717) is 25.9 Å². The third-order valence-corrected chi connectivity index (χ3v) is 4.24. The molecule has 5 nitrogen and oxygen atoms in total. The van der Waals surface area contributed by atoms with E-state index in [-0.39, 0.29) is 30.1 Å². The fourth-order valence-electron chi connectivity index (χ4n) is 3.23. The zero-order chi connectivity index (χ0) is 15.5. The Morgan fingerprint density at radius 2 is 2.09 bits per heavy atom. The van der Waals surface area contributed by atoms with Crippen molar-refractivity contribution in [2.75, 3.05) is 13.1 Å². The second kappa shape index (κ2) is 6.48. The number of carbonyl (C=O) groups excluding carboxylic acids is 2. The molecule has 5 heteroatoms. The van der Waals surface area contributed by atoms with Gasteiger partial charge in [-0.1, -0.05) is 30.3 Å². The van der Waals surface area contributed by atoms with Gasteiger partial charge >= 0.3 is 0 Å². The van der Waals surface area contributed by atoms with Crippen molar-refractivity contribution in [2.45, 2.75) is 44.4 Å². The smallest absolute Gasteiger partial charge is 0.245 e. The Bertz CT molecular complexity index is 546. The van der Waals surface area contributed by atoms with Gasteiger partial charge in [-0.25, -0.2) is 0 Å². The van der Waals surface area contributed by atoms with Gasteiger partial charge in [0.1, 0.15) is 6.04 Å². The number of amides is 2. The van der Waals surface area contributed by atoms with Gasteiger partial charge in [0, 0.05) is 25.9 Å². The number of nitrogens with zero attached hydrogens (tertiary/aromatic N) is 1. The minimum Gasteiger partial charge on any atom is -0.371 e. The summed E-state index contributed by atoms with van der Waals surface area (Å²) in [5.74, 6) is -0.000412. The van der Waals surface area contributed by atoms with E-state index in [1.165, 1.54) is 5.56 Å². The molecule has 3 atom stereocenters. The maximum absolute atomic E-state index is 12.5. The van der Waals surface area contributed by atoms with Crippen LogP contribution in [-0.2, 0) is 20.7 Å². The largest absolute Gasteiger partial charge is 0.371 e. The van der Waals surface area contributed by atoms with Crippen LogP contribution in [0.5, 0.6) is 0 Å². The minimum atomic E-state index is -0.352. The molecule has 2 heterocycles. The molecule has 3 unspecified atom stereocenters. The van der Waals surface area contributed by atoms with Gasteiger partial charge in [0.25, 0.3) is 0 Å². The van der Waals surface area contributed by atoms with Gasteiger partial charge in [0.05, 0.1) is 12.2 Å². The molecule has 118 valence electrons. The van der Waals surface area contributed by atoms with Gasteiger partial charge in [-0.3, -0.25) is 9.59 Å². The highest BCUT2D eigenvalue weighted by molar-refractivity contribution is 5.90. The monoisotopic (exact) mass is 302 g/mol. The minimum absolute atomic E-state index is 0.00667. The van der Waals surface area contributed by atoms with Gasteiger partial charge < -0.3 is 15.0 Å². The Balaban J connectivity index is 1.63. The average molecular weight is 302 g/mol. The van der Waals surface area contributed by atoms with Crippen LogP contribution in [0.2, 0.25) is 0 Å². The molecule has 0 bridgehead atoms. The van der Waals surface area contributed by atoms with E-state index in [1.807, 2.05) is 30.0 Å². The first-order chi connectivity index (χ1) is 10.6. The van der Waals surface area contributed by atoms with Crippen LogP contribution in [-0.4, -0.2) is 48.1 Å². The van der Waals surface area contributed by atoms with Crippen LogP contribution in [0.1, 0.15) is 25.3 Å². The summed E-state index contributed by atoms with van der Waals surface area (Å²) in [6.45, 7) is 3.17. The molecule has 0 spiro atoms. The first kappa shape index (κ1) is 15.0. The van der Waals surface area contributed by atoms with Gasteiger partial charge in [0.2, 0.25) is 11.8 Å². The molecule has 1 N–H and O–H groups in total. The molecular formula is C17H22N2O3. The lowest BCUT2D eigenvalue weighted by molar-refractivity contribution is -0.146. The fourth-order valence-corrected chi connectivity index (χ4v) is 3.23. The summed E-state index contributed by atoms with van der Waals surface area (Å²) in [6, 6.07) is 9.82. The highest BCUT2D eigenvalue weighted by Gasteiger charge is 2.35. The SMILES string of the molecule is CC1CN(C(=O)C2CCC(=O)N2)CC(Cc2ccccc2)O1. The number of hydrogen-bond acceptors (Lipinski definition) is 3. The normalized spacial score (nSPS) is 28.5. The van der Waals surface area contributed by atoms with Crippen LogP contribution in [0.4, 0.5) is 0 Å². The number of ether oxygens (including phenoxy) is 1. The Labute approximate surface area is 130 Å². The Kier molecular flexibility index (Phi) is 4.43. The summed E-state index contributed by atoms with van der Waals surface area (Å²) < 4.78 is 5.97. The number of nitrogens with one attached hydrogen (secondary N) is 1. The van der Waals surface area contributed by atoms with E-state index < -0.39 is 0 Å². The fraction of sp³-hybridized carbons (Fsp3) is 0.529. The Morgan fingerprint density at radius 3 is 2.77 bits per heavy atom. The molecule has 3 rings (SSSR count). The predicted molar refractivity (Wildman–Crippen MR) is 82.2 cm³/mol. The first-order valence-corrected chi connectivity index (χ1v) is 7.89. The standard InChI is InChI=1S/C17H22N2O3/c1-12-10-19(17(21)15-7-8-16(20)18-15)11-14(22-12)9-13-5-3-2-4-6-13/h2-6,12,14-15H,7-11H2,1H3,(H,18,20). The van der Waals surface area contributed by atoms with E-state index in [2.05, 4.69) is 17.4 Å². The number of hydrogen-bond donors (Lipinski definition) is 1. The third kappa shape index (κ3) is 3.47. The summed E-state index contributed by atoms with van der Waals surface area (Å²) in [7, 11) is 0. The molecule has 0 aliphatic carbocycles. The molecular weight excluding hydrogens is 280 g/mol. The highest BCUT2D eigenvalue weighted by atomic mass is 16.5. The molecule has 2 fully saturated rings. The van der Waals surface area contributed by atoms with Crippen molar-refractivity contribution in [2.24, 2.45) is 0 Å². The van der Waals surface area contributed by atoms with Crippen molar-refractivity contribution in [3.8, 4) is 0 Å². The third-order valence-electron chi connectivity index (χ3n) is 4.24. The molecule has 2 aliphatic rings. The highest BCUT2D eigenvalue weighted by Crippen LogP contribution is 2.18. The summed E-state index contributed by atoms with van der Waals surface area (Å²) in [5.41, 5.74) is 1.21. The topological polar surface area (TPSA) is 58.6 Å². The lowest BCUT2D eigenvalue weighted by Gasteiger charge is -2.38. The number of benzene rings is 1. The lowest BCUT2D eigenvalue weighted by Crippen LogP contribution is -2.54. The van der Waals surface area contributed by atoms with E-state index in [4.69, 9.17) is 4.74 Å². The molecule has 0 radical (unpaired) electrons. The molecule has 0 aromatic heterocycles. The summed E-state index contributed by atoms with van der Waals surface area (Å²) in [5, 5.41) is 2.76. The summed E-state index contributed by atoms with van der Waals surface area (Å²) in [4.78, 5) is 25.7. The molecule has 0 saturated carbocycles. The quantitative estimate of drug-likeness (QED) is 0.910. The van der Waals surface area contributed by atoms with Gasteiger partial charge in [-0.05, 0) is 18.9 Å². The van der Waals surface area contributed by atoms with Crippen LogP contribution in [0.15, 0.2) is 30.3 Å². The van der Waals surface area contributed by atoms with Crippen molar-refractivity contribution in [1.82, 2.24) is 10.2 Å². The van der Waals surface area contributed by atoms with Crippen molar-refractivity contribution >= 4 is 11.8 Å². The van der Waals surface area contributed by atoms with Gasteiger partial charge in [-0.2, -0.15) is 0 Å². The van der Waals surface area contributed by atoms with Crippen LogP contribution >= 0.6 is 0 Å². The second-order valence-corrected chi connectivity index (χ2v) is 6.16. The average Bonchev–Trinajstić information content (AvgIpc) is 2.93. The zero-order valence-corrected chi connectivity index (χ0v) is 12.8. The van der Waals surface area contributed by atoms with Crippen LogP contribution in [0.3, 0.4) is 0 Å². The maximum atomic E-state index is 12.5. The summed E-state index contributed by atoms with van der Waals surface area (Å²) >= 11 is 0. The molecule has 2 aliphatic heterocycles. The molecule has 2 amide bonds. The Hall–Kier alpha value is -1.88. The number of rotatable bonds is 3. The van der Waals surface area contributed by atoms with Crippen LogP contribution in [0.25, 0.3) is 0 Å². The number of carbonyl (C=O) groups is 2. The summed E-state index contributed by atoms with van der Waals surface area (Å²) in [6.07, 6.45) is 1.87. The lowest BCUT2D eigenvalue weighted by atomic mass is 10.0. The second-order valence-electron chi connectivity index (χ2n) is 6.16. The van der Waals surface area contributed by atoms with Crippen molar-refractivity contribution in [3.63, 3.8) is 0 Å². The van der Waals surface area contributed by atoms with Crippen LogP contribution < -0.4 is 5.32 Å². The van der Waals surface area contributed by atoms with Gasteiger partial charge in [-0.15, -0.1) is 0 Å². The molecule has 1 aromatic rings. The first-order valence-electron chi connectivity index (χ1n) is 7.89. The molecule has 1 aromatic carbocycles. The van der Waals surface area contributed by atoms with Crippen molar-refractivity contribution in [1.29, 1.82) is 0 Å². The predicted octanol–water partition coefficient (Wildman–Crippen LogP) is 1.12. The van der Waals surface area contributed by atoms with Crippen LogP contribution in [0, 0.1) is 0 Å². The van der Waals surface area contributed by atoms with Gasteiger partial charge in [0.15, 0.2) is 0 Å². The van der Waals surface area contributed by atoms with Crippen molar-refractivity contribution in [3.05, 3.63) is 35.9 Å². The molecule has 2 saturated heterocycles. The maximum Gasteiger partial charge on any atom is 0.245 e. The Morgan fingerprint density at radius 1 is 1.32 bits per heavy atom.